The minimum Gasteiger partial charge on any atom is -0.379 e. The summed E-state index contributed by atoms with van der Waals surface area (Å²) >= 11 is 0. The second-order valence-electron chi connectivity index (χ2n) is 6.85. The lowest BCUT2D eigenvalue weighted by atomic mass is 10.1. The van der Waals surface area contributed by atoms with Crippen LogP contribution in [0.15, 0.2) is 30.3 Å². The summed E-state index contributed by atoms with van der Waals surface area (Å²) in [5.41, 5.74) is 2.47. The van der Waals surface area contributed by atoms with E-state index in [0.717, 1.165) is 30.8 Å². The number of hydrogen-bond donors (Lipinski definition) is 0. The van der Waals surface area contributed by atoms with Gasteiger partial charge in [0.15, 0.2) is 0 Å². The number of carbonyl (C=O) groups is 3. The van der Waals surface area contributed by atoms with Crippen LogP contribution in [0.25, 0.3) is 0 Å². The highest BCUT2D eigenvalue weighted by molar-refractivity contribution is 6.21. The van der Waals surface area contributed by atoms with E-state index in [1.165, 1.54) is 0 Å². The molecule has 2 aliphatic heterocycles. The van der Waals surface area contributed by atoms with E-state index >= 15 is 0 Å². The number of rotatable bonds is 3. The minimum absolute atomic E-state index is 0.166. The van der Waals surface area contributed by atoms with Gasteiger partial charge in [0, 0.05) is 18.0 Å². The van der Waals surface area contributed by atoms with E-state index in [0.29, 0.717) is 17.2 Å². The van der Waals surface area contributed by atoms with E-state index < -0.39 is 17.8 Å². The van der Waals surface area contributed by atoms with Crippen LogP contribution in [0.4, 0.5) is 0 Å². The molecule has 2 aliphatic rings. The largest absolute Gasteiger partial charge is 0.379 e. The fraction of sp³-hybridized carbons (Fsp3) is 0.350. The number of nitrogens with zero attached hydrogens (tertiary/aromatic N) is 2. The van der Waals surface area contributed by atoms with Gasteiger partial charge in [0.1, 0.15) is 0 Å². The van der Waals surface area contributed by atoms with Gasteiger partial charge in [-0.25, -0.2) is 4.79 Å². The minimum atomic E-state index is -0.722. The van der Waals surface area contributed by atoms with E-state index in [9.17, 15) is 14.4 Å². The Morgan fingerprint density at radius 3 is 2.41 bits per heavy atom. The van der Waals surface area contributed by atoms with Gasteiger partial charge in [0.25, 0.3) is 11.8 Å². The molecule has 7 nitrogen and oxygen atoms in total. The number of aryl methyl sites for hydroxylation is 1. The van der Waals surface area contributed by atoms with Crippen LogP contribution in [0.5, 0.6) is 0 Å². The van der Waals surface area contributed by atoms with E-state index in [1.54, 1.807) is 30.3 Å². The maximum Gasteiger partial charge on any atom is 0.365 e. The van der Waals surface area contributed by atoms with Gasteiger partial charge >= 0.3 is 5.97 Å². The summed E-state index contributed by atoms with van der Waals surface area (Å²) in [4.78, 5) is 42.7. The van der Waals surface area contributed by atoms with Crippen molar-refractivity contribution in [3.63, 3.8) is 0 Å². The van der Waals surface area contributed by atoms with Crippen LogP contribution < -0.4 is 0 Å². The number of hydroxylamine groups is 2. The molecular formula is C20H20N2O5. The molecule has 0 spiro atoms. The Morgan fingerprint density at radius 2 is 1.81 bits per heavy atom. The first-order chi connectivity index (χ1) is 13.0. The zero-order valence-corrected chi connectivity index (χ0v) is 15.2. The summed E-state index contributed by atoms with van der Waals surface area (Å²) in [5.74, 6) is -1.97. The number of carbonyl (C=O) groups excluding carboxylic acids is 3. The number of aromatic nitrogens is 1. The summed E-state index contributed by atoms with van der Waals surface area (Å²) in [6.45, 7) is 5.11. The molecule has 1 fully saturated rings. The Balaban J connectivity index is 1.58. The molecule has 4 rings (SSSR count). The first-order valence-electron chi connectivity index (χ1n) is 8.95. The van der Waals surface area contributed by atoms with Gasteiger partial charge in [-0.1, -0.05) is 17.2 Å². The fourth-order valence-corrected chi connectivity index (χ4v) is 3.86. The number of imide groups is 1. The lowest BCUT2D eigenvalue weighted by Gasteiger charge is -2.26. The highest BCUT2D eigenvalue weighted by atomic mass is 16.7. The van der Waals surface area contributed by atoms with Crippen molar-refractivity contribution in [1.82, 2.24) is 9.63 Å². The van der Waals surface area contributed by atoms with Crippen LogP contribution in [-0.2, 0) is 9.57 Å². The monoisotopic (exact) mass is 368 g/mol. The maximum absolute atomic E-state index is 12.7. The molecule has 1 aromatic heterocycles. The van der Waals surface area contributed by atoms with E-state index in [2.05, 4.69) is 4.57 Å². The lowest BCUT2D eigenvalue weighted by Crippen LogP contribution is -2.32. The molecule has 140 valence electrons. The Hall–Kier alpha value is -2.93. The Kier molecular flexibility index (Phi) is 4.31. The van der Waals surface area contributed by atoms with Crippen LogP contribution in [-0.4, -0.2) is 40.6 Å². The number of ether oxygens (including phenoxy) is 1. The molecule has 0 N–H and O–H groups in total. The lowest BCUT2D eigenvalue weighted by molar-refractivity contribution is -0.0585. The van der Waals surface area contributed by atoms with Crippen LogP contribution in [0, 0.1) is 13.8 Å². The topological polar surface area (TPSA) is 77.8 Å². The first-order valence-corrected chi connectivity index (χ1v) is 8.95. The Bertz CT molecular complexity index is 905. The molecule has 2 aromatic rings. The van der Waals surface area contributed by atoms with Crippen LogP contribution >= 0.6 is 0 Å². The van der Waals surface area contributed by atoms with Gasteiger partial charge in [-0.05, 0) is 44.9 Å². The van der Waals surface area contributed by atoms with E-state index in [-0.39, 0.29) is 17.2 Å². The molecule has 0 aliphatic carbocycles. The average molecular weight is 368 g/mol. The van der Waals surface area contributed by atoms with E-state index in [4.69, 9.17) is 9.57 Å². The first kappa shape index (κ1) is 17.5. The summed E-state index contributed by atoms with van der Waals surface area (Å²) in [5, 5.41) is 0.544. The third kappa shape index (κ3) is 2.84. The zero-order valence-electron chi connectivity index (χ0n) is 15.2. The summed E-state index contributed by atoms with van der Waals surface area (Å²) in [6.07, 6.45) is 1.94. The molecule has 7 heteroatoms. The van der Waals surface area contributed by atoms with Crippen molar-refractivity contribution >= 4 is 17.8 Å². The Labute approximate surface area is 156 Å². The number of amides is 2. The van der Waals surface area contributed by atoms with E-state index in [1.807, 2.05) is 13.8 Å². The average Bonchev–Trinajstić information content (AvgIpc) is 3.11. The van der Waals surface area contributed by atoms with Crippen molar-refractivity contribution in [1.29, 1.82) is 0 Å². The molecular weight excluding hydrogens is 348 g/mol. The van der Waals surface area contributed by atoms with Gasteiger partial charge in [-0.15, -0.1) is 0 Å². The van der Waals surface area contributed by atoms with Crippen molar-refractivity contribution in [2.45, 2.75) is 32.7 Å². The van der Waals surface area contributed by atoms with Crippen LogP contribution in [0.2, 0.25) is 0 Å². The fourth-order valence-electron chi connectivity index (χ4n) is 3.86. The van der Waals surface area contributed by atoms with Gasteiger partial charge in [-0.2, -0.15) is 0 Å². The summed E-state index contributed by atoms with van der Waals surface area (Å²) < 4.78 is 7.62. The SMILES string of the molecule is Cc1cc(C(=O)ON2C(=O)c3ccccc3C2=O)c(C)n1C1CCCOC1. The van der Waals surface area contributed by atoms with Crippen molar-refractivity contribution in [2.75, 3.05) is 13.2 Å². The molecule has 0 saturated carbocycles. The molecule has 0 bridgehead atoms. The van der Waals surface area contributed by atoms with Gasteiger partial charge in [0.2, 0.25) is 0 Å². The molecule has 1 aromatic carbocycles. The predicted molar refractivity (Wildman–Crippen MR) is 95.4 cm³/mol. The quantitative estimate of drug-likeness (QED) is 0.779. The molecule has 1 saturated heterocycles. The second-order valence-corrected chi connectivity index (χ2v) is 6.85. The molecule has 3 heterocycles. The highest BCUT2D eigenvalue weighted by Crippen LogP contribution is 2.28. The highest BCUT2D eigenvalue weighted by Gasteiger charge is 2.39. The third-order valence-corrected chi connectivity index (χ3v) is 5.14. The van der Waals surface area contributed by atoms with Crippen LogP contribution in [0.1, 0.15) is 61.3 Å². The summed E-state index contributed by atoms with van der Waals surface area (Å²) in [6, 6.07) is 8.30. The number of hydrogen-bond acceptors (Lipinski definition) is 5. The van der Waals surface area contributed by atoms with Crippen molar-refractivity contribution in [3.8, 4) is 0 Å². The smallest absolute Gasteiger partial charge is 0.365 e. The standard InChI is InChI=1S/C20H20N2O5/c1-12-10-17(13(2)21(12)14-6-5-9-26-11-14)20(25)27-22-18(23)15-7-3-4-8-16(15)19(22)24/h3-4,7-8,10,14H,5-6,9,11H2,1-2H3. The molecule has 0 radical (unpaired) electrons. The molecule has 27 heavy (non-hydrogen) atoms. The van der Waals surface area contributed by atoms with Crippen molar-refractivity contribution in [2.24, 2.45) is 0 Å². The molecule has 1 atom stereocenters. The van der Waals surface area contributed by atoms with Crippen LogP contribution in [0.3, 0.4) is 0 Å². The maximum atomic E-state index is 12.7. The number of benzene rings is 1. The summed E-state index contributed by atoms with van der Waals surface area (Å²) in [7, 11) is 0. The zero-order chi connectivity index (χ0) is 19.1. The molecule has 2 amide bonds. The van der Waals surface area contributed by atoms with Crippen molar-refractivity contribution < 1.29 is 24.0 Å². The Morgan fingerprint density at radius 1 is 1.15 bits per heavy atom. The normalized spacial score (nSPS) is 19.3. The van der Waals surface area contributed by atoms with Gasteiger partial charge in [-0.3, -0.25) is 9.59 Å². The second kappa shape index (κ2) is 6.66. The molecule has 1 unspecified atom stereocenters. The predicted octanol–water partition coefficient (Wildman–Crippen LogP) is 2.82. The van der Waals surface area contributed by atoms with Gasteiger partial charge in [0.05, 0.1) is 29.3 Å². The van der Waals surface area contributed by atoms with Crippen molar-refractivity contribution in [3.05, 3.63) is 58.4 Å². The number of fused-ring (bicyclic) bond motifs is 1. The van der Waals surface area contributed by atoms with Gasteiger partial charge < -0.3 is 14.1 Å². The third-order valence-electron chi connectivity index (χ3n) is 5.14.